The van der Waals surface area contributed by atoms with Gasteiger partial charge >= 0.3 is 0 Å². The number of methoxy groups -OCH3 is 1. The predicted molar refractivity (Wildman–Crippen MR) is 87.7 cm³/mol. The van der Waals surface area contributed by atoms with Crippen molar-refractivity contribution in [3.8, 4) is 5.75 Å². The molecule has 0 unspecified atom stereocenters. The first kappa shape index (κ1) is 15.3. The summed E-state index contributed by atoms with van der Waals surface area (Å²) in [6.45, 7) is 3.90. The molecule has 2 rings (SSSR count). The molecule has 0 saturated heterocycles. The average molecular weight is 398 g/mol. The number of aryl methyl sites for hydroxylation is 2. The maximum absolute atomic E-state index is 12.7. The highest BCUT2D eigenvalue weighted by atomic mass is 79.9. The third-order valence-corrected chi connectivity index (χ3v) is 4.51. The van der Waals surface area contributed by atoms with E-state index in [1.165, 1.54) is 0 Å². The molecule has 2 aromatic carbocycles. The van der Waals surface area contributed by atoms with E-state index < -0.39 is 0 Å². The highest BCUT2D eigenvalue weighted by Gasteiger charge is 2.17. The van der Waals surface area contributed by atoms with Crippen molar-refractivity contribution in [2.24, 2.45) is 0 Å². The molecule has 0 spiro atoms. The van der Waals surface area contributed by atoms with Gasteiger partial charge in [-0.2, -0.15) is 0 Å². The van der Waals surface area contributed by atoms with Gasteiger partial charge in [0.05, 0.1) is 12.7 Å². The maximum atomic E-state index is 12.7. The Bertz CT molecular complexity index is 678. The summed E-state index contributed by atoms with van der Waals surface area (Å²) in [6.07, 6.45) is 0. The molecule has 0 aliphatic carbocycles. The summed E-state index contributed by atoms with van der Waals surface area (Å²) < 4.78 is 7.20. The molecule has 0 amide bonds. The van der Waals surface area contributed by atoms with Crippen molar-refractivity contribution in [3.63, 3.8) is 0 Å². The lowest BCUT2D eigenvalue weighted by molar-refractivity contribution is 0.103. The number of hydrogen-bond donors (Lipinski definition) is 0. The predicted octanol–water partition coefficient (Wildman–Crippen LogP) is 5.07. The van der Waals surface area contributed by atoms with Gasteiger partial charge in [0.25, 0.3) is 0 Å². The summed E-state index contributed by atoms with van der Waals surface area (Å²) in [5, 5.41) is 0. The molecular formula is C16H14Br2O2. The molecule has 0 atom stereocenters. The fourth-order valence-corrected chi connectivity index (χ4v) is 2.82. The fraction of sp³-hybridized carbons (Fsp3) is 0.188. The Morgan fingerprint density at radius 1 is 1.00 bits per heavy atom. The largest absolute Gasteiger partial charge is 0.496 e. The van der Waals surface area contributed by atoms with Gasteiger partial charge in [0, 0.05) is 14.5 Å². The second-order valence-corrected chi connectivity index (χ2v) is 6.36. The van der Waals surface area contributed by atoms with Crippen LogP contribution in [0.1, 0.15) is 27.0 Å². The van der Waals surface area contributed by atoms with Crippen LogP contribution in [0.15, 0.2) is 39.3 Å². The van der Waals surface area contributed by atoms with Gasteiger partial charge in [-0.3, -0.25) is 4.79 Å². The third-order valence-electron chi connectivity index (χ3n) is 3.16. The minimum atomic E-state index is -0.0255. The number of halogens is 2. The lowest BCUT2D eigenvalue weighted by atomic mass is 9.97. The Morgan fingerprint density at radius 2 is 1.70 bits per heavy atom. The van der Waals surface area contributed by atoms with Crippen LogP contribution in [-0.4, -0.2) is 12.9 Å². The first-order chi connectivity index (χ1) is 9.43. The lowest BCUT2D eigenvalue weighted by Gasteiger charge is -2.11. The zero-order chi connectivity index (χ0) is 14.9. The number of hydrogen-bond acceptors (Lipinski definition) is 2. The van der Waals surface area contributed by atoms with Crippen molar-refractivity contribution < 1.29 is 9.53 Å². The van der Waals surface area contributed by atoms with Gasteiger partial charge in [-0.15, -0.1) is 0 Å². The molecule has 104 valence electrons. The monoisotopic (exact) mass is 396 g/mol. The standard InChI is InChI=1S/C16H14Br2O2/c1-9-7-14(18)10(2)6-13(9)16(19)12-5-4-11(17)8-15(12)20-3/h4-8H,1-3H3. The van der Waals surface area contributed by atoms with Crippen LogP contribution < -0.4 is 4.74 Å². The first-order valence-electron chi connectivity index (χ1n) is 6.09. The number of ketones is 1. The van der Waals surface area contributed by atoms with Crippen LogP contribution in [0.3, 0.4) is 0 Å². The Kier molecular flexibility index (Phi) is 4.66. The summed E-state index contributed by atoms with van der Waals surface area (Å²) in [5.74, 6) is 0.548. The van der Waals surface area contributed by atoms with Crippen molar-refractivity contribution in [2.75, 3.05) is 7.11 Å². The smallest absolute Gasteiger partial charge is 0.197 e. The third kappa shape index (κ3) is 2.96. The Hall–Kier alpha value is -1.13. The van der Waals surface area contributed by atoms with E-state index in [4.69, 9.17) is 4.74 Å². The van der Waals surface area contributed by atoms with Crippen molar-refractivity contribution in [3.05, 3.63) is 61.5 Å². The highest BCUT2D eigenvalue weighted by molar-refractivity contribution is 9.10. The van der Waals surface area contributed by atoms with Crippen LogP contribution in [0.25, 0.3) is 0 Å². The van der Waals surface area contributed by atoms with Crippen molar-refractivity contribution in [1.82, 2.24) is 0 Å². The van der Waals surface area contributed by atoms with Gasteiger partial charge in [0.1, 0.15) is 5.75 Å². The molecule has 4 heteroatoms. The van der Waals surface area contributed by atoms with E-state index in [1.54, 1.807) is 19.2 Å². The molecule has 20 heavy (non-hydrogen) atoms. The summed E-state index contributed by atoms with van der Waals surface area (Å²) in [4.78, 5) is 12.7. The quantitative estimate of drug-likeness (QED) is 0.676. The van der Waals surface area contributed by atoms with Crippen molar-refractivity contribution >= 4 is 37.6 Å². The van der Waals surface area contributed by atoms with Crippen LogP contribution in [-0.2, 0) is 0 Å². The minimum absolute atomic E-state index is 0.0255. The van der Waals surface area contributed by atoms with E-state index in [2.05, 4.69) is 31.9 Å². The number of rotatable bonds is 3. The van der Waals surface area contributed by atoms with Gasteiger partial charge in [-0.05, 0) is 55.3 Å². The number of ether oxygens (including phenoxy) is 1. The SMILES string of the molecule is COc1cc(Br)ccc1C(=O)c1cc(C)c(Br)cc1C. The Morgan fingerprint density at radius 3 is 2.35 bits per heavy atom. The van der Waals surface area contributed by atoms with E-state index in [9.17, 15) is 4.79 Å². The van der Waals surface area contributed by atoms with Gasteiger partial charge in [-0.25, -0.2) is 0 Å². The summed E-state index contributed by atoms with van der Waals surface area (Å²) in [6, 6.07) is 9.30. The van der Waals surface area contributed by atoms with Crippen molar-refractivity contribution in [1.29, 1.82) is 0 Å². The average Bonchev–Trinajstić information content (AvgIpc) is 2.42. The van der Waals surface area contributed by atoms with Crippen LogP contribution in [0.2, 0.25) is 0 Å². The zero-order valence-corrected chi connectivity index (χ0v) is 14.6. The Labute approximate surface area is 135 Å². The highest BCUT2D eigenvalue weighted by Crippen LogP contribution is 2.28. The summed E-state index contributed by atoms with van der Waals surface area (Å²) in [5.41, 5.74) is 3.25. The van der Waals surface area contributed by atoms with Crippen LogP contribution in [0.4, 0.5) is 0 Å². The number of carbonyl (C=O) groups is 1. The molecule has 2 aromatic rings. The molecule has 0 N–H and O–H groups in total. The second-order valence-electron chi connectivity index (χ2n) is 4.59. The van der Waals surface area contributed by atoms with Gasteiger partial charge < -0.3 is 4.74 Å². The topological polar surface area (TPSA) is 26.3 Å². The molecule has 0 aliphatic rings. The molecule has 0 heterocycles. The lowest BCUT2D eigenvalue weighted by Crippen LogP contribution is -2.06. The molecule has 0 radical (unpaired) electrons. The fourth-order valence-electron chi connectivity index (χ4n) is 2.02. The Balaban J connectivity index is 2.54. The van der Waals surface area contributed by atoms with E-state index in [1.807, 2.05) is 32.0 Å². The van der Waals surface area contributed by atoms with Gasteiger partial charge in [0.15, 0.2) is 5.78 Å². The van der Waals surface area contributed by atoms with Crippen LogP contribution in [0.5, 0.6) is 5.75 Å². The maximum Gasteiger partial charge on any atom is 0.197 e. The van der Waals surface area contributed by atoms with E-state index in [-0.39, 0.29) is 5.78 Å². The first-order valence-corrected chi connectivity index (χ1v) is 7.67. The van der Waals surface area contributed by atoms with E-state index >= 15 is 0 Å². The molecule has 2 nitrogen and oxygen atoms in total. The van der Waals surface area contributed by atoms with E-state index in [0.29, 0.717) is 16.9 Å². The van der Waals surface area contributed by atoms with Gasteiger partial charge in [0.2, 0.25) is 0 Å². The molecule has 0 aliphatic heterocycles. The summed E-state index contributed by atoms with van der Waals surface area (Å²) in [7, 11) is 1.57. The van der Waals surface area contributed by atoms with Crippen molar-refractivity contribution in [2.45, 2.75) is 13.8 Å². The molecule has 0 bridgehead atoms. The van der Waals surface area contributed by atoms with E-state index in [0.717, 1.165) is 20.1 Å². The zero-order valence-electron chi connectivity index (χ0n) is 11.5. The van der Waals surface area contributed by atoms with Crippen LogP contribution in [0, 0.1) is 13.8 Å². The molecule has 0 aromatic heterocycles. The van der Waals surface area contributed by atoms with Gasteiger partial charge in [-0.1, -0.05) is 31.9 Å². The summed E-state index contributed by atoms with van der Waals surface area (Å²) >= 11 is 6.86. The number of carbonyl (C=O) groups excluding carboxylic acids is 1. The normalized spacial score (nSPS) is 10.4. The molecule has 0 fully saturated rings. The second kappa shape index (κ2) is 6.10. The number of benzene rings is 2. The minimum Gasteiger partial charge on any atom is -0.496 e. The molecular weight excluding hydrogens is 384 g/mol. The van der Waals surface area contributed by atoms with Crippen LogP contribution >= 0.6 is 31.9 Å². The molecule has 0 saturated carbocycles.